The third-order valence-electron chi connectivity index (χ3n) is 5.33. The average Bonchev–Trinajstić information content (AvgIpc) is 3.08. The van der Waals surface area contributed by atoms with Crippen LogP contribution in [0.3, 0.4) is 0 Å². The maximum absolute atomic E-state index is 14.0. The summed E-state index contributed by atoms with van der Waals surface area (Å²) in [5.74, 6) is -4.22. The molecular formula is C25H17Cl2F2NO4. The Morgan fingerprint density at radius 1 is 0.971 bits per heavy atom. The summed E-state index contributed by atoms with van der Waals surface area (Å²) in [5, 5.41) is 11.5. The second kappa shape index (κ2) is 9.44. The molecule has 1 saturated heterocycles. The topological polar surface area (TPSA) is 66.8 Å². The van der Waals surface area contributed by atoms with E-state index in [1.807, 2.05) is 6.92 Å². The van der Waals surface area contributed by atoms with Crippen LogP contribution in [0.4, 0.5) is 14.5 Å². The molecule has 0 radical (unpaired) electrons. The highest BCUT2D eigenvalue weighted by molar-refractivity contribution is 6.51. The monoisotopic (exact) mass is 503 g/mol. The molecule has 1 atom stereocenters. The quantitative estimate of drug-likeness (QED) is 0.252. The van der Waals surface area contributed by atoms with Gasteiger partial charge < -0.3 is 9.84 Å². The predicted octanol–water partition coefficient (Wildman–Crippen LogP) is 6.30. The SMILES string of the molecule is CCOc1ccc(C2/C(=C(\O)c3ccc(Cl)c(Cl)c3)C(=O)C(=O)N2c2ccc(F)c(F)c2)cc1. The highest BCUT2D eigenvalue weighted by atomic mass is 35.5. The van der Waals surface area contributed by atoms with Gasteiger partial charge in [0, 0.05) is 17.3 Å². The van der Waals surface area contributed by atoms with Gasteiger partial charge in [-0.3, -0.25) is 14.5 Å². The van der Waals surface area contributed by atoms with E-state index in [1.165, 1.54) is 24.3 Å². The number of rotatable bonds is 5. The van der Waals surface area contributed by atoms with Gasteiger partial charge in [0.25, 0.3) is 11.7 Å². The number of carbonyl (C=O) groups is 2. The first kappa shape index (κ1) is 23.7. The van der Waals surface area contributed by atoms with Crippen LogP contribution in [0.2, 0.25) is 10.0 Å². The van der Waals surface area contributed by atoms with Gasteiger partial charge in [0.15, 0.2) is 11.6 Å². The minimum atomic E-state index is -1.19. The van der Waals surface area contributed by atoms with Gasteiger partial charge in [-0.05, 0) is 55.0 Å². The second-order valence-corrected chi connectivity index (χ2v) is 8.21. The maximum atomic E-state index is 14.0. The van der Waals surface area contributed by atoms with Crippen molar-refractivity contribution in [3.8, 4) is 5.75 Å². The average molecular weight is 504 g/mol. The van der Waals surface area contributed by atoms with E-state index in [2.05, 4.69) is 0 Å². The summed E-state index contributed by atoms with van der Waals surface area (Å²) < 4.78 is 33.0. The normalized spacial score (nSPS) is 17.3. The number of anilines is 1. The molecule has 34 heavy (non-hydrogen) atoms. The van der Waals surface area contributed by atoms with Crippen LogP contribution in [-0.2, 0) is 9.59 Å². The number of ether oxygens (including phenoxy) is 1. The lowest BCUT2D eigenvalue weighted by Crippen LogP contribution is -2.29. The molecule has 3 aromatic rings. The fourth-order valence-electron chi connectivity index (χ4n) is 3.76. The molecule has 174 valence electrons. The molecular weight excluding hydrogens is 487 g/mol. The molecule has 9 heteroatoms. The summed E-state index contributed by atoms with van der Waals surface area (Å²) in [6.07, 6.45) is 0. The first-order valence-electron chi connectivity index (χ1n) is 10.2. The lowest BCUT2D eigenvalue weighted by atomic mass is 9.95. The zero-order valence-electron chi connectivity index (χ0n) is 17.7. The Morgan fingerprint density at radius 3 is 2.29 bits per heavy atom. The highest BCUT2D eigenvalue weighted by Crippen LogP contribution is 2.43. The van der Waals surface area contributed by atoms with E-state index in [1.54, 1.807) is 24.3 Å². The van der Waals surface area contributed by atoms with E-state index in [4.69, 9.17) is 27.9 Å². The van der Waals surface area contributed by atoms with Crippen molar-refractivity contribution in [2.45, 2.75) is 13.0 Å². The lowest BCUT2D eigenvalue weighted by Gasteiger charge is -2.25. The second-order valence-electron chi connectivity index (χ2n) is 7.40. The maximum Gasteiger partial charge on any atom is 0.300 e. The molecule has 1 fully saturated rings. The lowest BCUT2D eigenvalue weighted by molar-refractivity contribution is -0.132. The van der Waals surface area contributed by atoms with Crippen molar-refractivity contribution >= 4 is 46.3 Å². The smallest absolute Gasteiger partial charge is 0.300 e. The number of Topliss-reactive ketones (excluding diaryl/α,β-unsaturated/α-hetero) is 1. The minimum absolute atomic E-state index is 0.0481. The number of benzene rings is 3. The standard InChI is InChI=1S/C25H17Cl2F2NO4/c1-2-34-16-7-3-13(4-8-16)22-21(23(31)14-5-9-17(26)18(27)11-14)24(32)25(33)30(22)15-6-10-19(28)20(29)12-15/h3-12,22,31H,2H2,1H3/b23-21+. The van der Waals surface area contributed by atoms with Gasteiger partial charge in [-0.25, -0.2) is 8.78 Å². The van der Waals surface area contributed by atoms with E-state index in [0.717, 1.165) is 17.0 Å². The molecule has 3 aromatic carbocycles. The summed E-state index contributed by atoms with van der Waals surface area (Å²) in [6, 6.07) is 12.5. The molecule has 0 aliphatic carbocycles. The molecule has 1 heterocycles. The Hall–Kier alpha value is -3.42. The van der Waals surface area contributed by atoms with Crippen LogP contribution in [0.15, 0.2) is 66.2 Å². The van der Waals surface area contributed by atoms with Gasteiger partial charge in [0.2, 0.25) is 0 Å². The summed E-state index contributed by atoms with van der Waals surface area (Å²) in [6.45, 7) is 2.26. The van der Waals surface area contributed by atoms with E-state index in [0.29, 0.717) is 17.9 Å². The van der Waals surface area contributed by atoms with E-state index in [-0.39, 0.29) is 26.9 Å². The van der Waals surface area contributed by atoms with E-state index < -0.39 is 35.1 Å². The Kier molecular flexibility index (Phi) is 6.59. The Bertz CT molecular complexity index is 1320. The fourth-order valence-corrected chi connectivity index (χ4v) is 4.06. The van der Waals surface area contributed by atoms with Crippen molar-refractivity contribution in [3.63, 3.8) is 0 Å². The molecule has 1 unspecified atom stereocenters. The van der Waals surface area contributed by atoms with Crippen LogP contribution < -0.4 is 9.64 Å². The molecule has 5 nitrogen and oxygen atoms in total. The number of halogens is 4. The molecule has 4 rings (SSSR count). The van der Waals surface area contributed by atoms with Crippen LogP contribution in [0, 0.1) is 11.6 Å². The molecule has 0 spiro atoms. The number of aliphatic hydroxyl groups is 1. The zero-order chi connectivity index (χ0) is 24.6. The van der Waals surface area contributed by atoms with Crippen LogP contribution in [-0.4, -0.2) is 23.4 Å². The number of nitrogens with zero attached hydrogens (tertiary/aromatic N) is 1. The van der Waals surface area contributed by atoms with Crippen LogP contribution in [0.5, 0.6) is 5.75 Å². The van der Waals surface area contributed by atoms with Crippen molar-refractivity contribution in [2.75, 3.05) is 11.5 Å². The molecule has 0 aromatic heterocycles. The summed E-state index contributed by atoms with van der Waals surface area (Å²) >= 11 is 12.0. The first-order valence-corrected chi connectivity index (χ1v) is 10.9. The summed E-state index contributed by atoms with van der Waals surface area (Å²) in [5.41, 5.74) is 0.313. The van der Waals surface area contributed by atoms with Gasteiger partial charge in [-0.2, -0.15) is 0 Å². The largest absolute Gasteiger partial charge is 0.507 e. The minimum Gasteiger partial charge on any atom is -0.507 e. The van der Waals surface area contributed by atoms with Crippen molar-refractivity contribution < 1.29 is 28.2 Å². The van der Waals surface area contributed by atoms with Crippen molar-refractivity contribution in [1.82, 2.24) is 0 Å². The van der Waals surface area contributed by atoms with Crippen molar-refractivity contribution in [2.24, 2.45) is 0 Å². The highest BCUT2D eigenvalue weighted by Gasteiger charge is 2.47. The van der Waals surface area contributed by atoms with Crippen LogP contribution in [0.25, 0.3) is 5.76 Å². The van der Waals surface area contributed by atoms with Gasteiger partial charge in [-0.1, -0.05) is 35.3 Å². The van der Waals surface area contributed by atoms with Crippen molar-refractivity contribution in [3.05, 3.63) is 99.0 Å². The fraction of sp³-hybridized carbons (Fsp3) is 0.120. The molecule has 1 N–H and O–H groups in total. The van der Waals surface area contributed by atoms with E-state index >= 15 is 0 Å². The first-order chi connectivity index (χ1) is 16.2. The molecule has 0 bridgehead atoms. The third-order valence-corrected chi connectivity index (χ3v) is 6.06. The molecule has 1 aliphatic rings. The van der Waals surface area contributed by atoms with Crippen LogP contribution >= 0.6 is 23.2 Å². The summed E-state index contributed by atoms with van der Waals surface area (Å²) in [7, 11) is 0. The van der Waals surface area contributed by atoms with Gasteiger partial charge in [-0.15, -0.1) is 0 Å². The Morgan fingerprint density at radius 2 is 1.68 bits per heavy atom. The third kappa shape index (κ3) is 4.24. The number of ketones is 1. The zero-order valence-corrected chi connectivity index (χ0v) is 19.2. The van der Waals surface area contributed by atoms with Crippen molar-refractivity contribution in [1.29, 1.82) is 0 Å². The Labute approximate surface area is 203 Å². The van der Waals surface area contributed by atoms with Gasteiger partial charge in [0.05, 0.1) is 28.3 Å². The summed E-state index contributed by atoms with van der Waals surface area (Å²) in [4.78, 5) is 27.2. The Balaban J connectivity index is 1.93. The molecule has 1 amide bonds. The van der Waals surface area contributed by atoms with Crippen LogP contribution in [0.1, 0.15) is 24.1 Å². The van der Waals surface area contributed by atoms with E-state index in [9.17, 15) is 23.5 Å². The number of amides is 1. The number of aliphatic hydroxyl groups excluding tert-OH is 1. The molecule has 0 saturated carbocycles. The van der Waals surface area contributed by atoms with Gasteiger partial charge in [0.1, 0.15) is 11.5 Å². The number of hydrogen-bond donors (Lipinski definition) is 1. The molecule has 1 aliphatic heterocycles. The number of hydrogen-bond acceptors (Lipinski definition) is 4. The number of carbonyl (C=O) groups excluding carboxylic acids is 2. The predicted molar refractivity (Wildman–Crippen MR) is 125 cm³/mol. The van der Waals surface area contributed by atoms with Gasteiger partial charge >= 0.3 is 0 Å².